The van der Waals surface area contributed by atoms with Crippen LogP contribution in [0.25, 0.3) is 0 Å². The van der Waals surface area contributed by atoms with E-state index < -0.39 is 53.5 Å². The number of halogens is 4. The fourth-order valence-corrected chi connectivity index (χ4v) is 0.667. The molecule has 2 nitrogen and oxygen atoms in total. The van der Waals surface area contributed by atoms with Gasteiger partial charge in [-0.05, 0) is 18.1 Å². The van der Waals surface area contributed by atoms with Crippen LogP contribution in [0.1, 0.15) is 11.0 Å². The van der Waals surface area contributed by atoms with Crippen LogP contribution >= 0.6 is 0 Å². The van der Waals surface area contributed by atoms with Crippen LogP contribution in [0.15, 0.2) is 36.6 Å². The van der Waals surface area contributed by atoms with Crippen LogP contribution in [0.3, 0.4) is 0 Å². The van der Waals surface area contributed by atoms with E-state index in [9.17, 15) is 22.4 Å². The molecule has 0 saturated carbocycles. The summed E-state index contributed by atoms with van der Waals surface area (Å²) < 4.78 is 83.5. The van der Waals surface area contributed by atoms with Crippen LogP contribution in [0.5, 0.6) is 5.75 Å². The Morgan fingerprint density at radius 3 is 2.56 bits per heavy atom. The Hall–Kier alpha value is -1.85. The van der Waals surface area contributed by atoms with E-state index in [1.165, 1.54) is 0 Å². The molecule has 0 fully saturated rings. The molecule has 0 aromatic heterocycles. The summed E-state index contributed by atoms with van der Waals surface area (Å²) >= 11 is 0. The quantitative estimate of drug-likeness (QED) is 0.342. The lowest BCUT2D eigenvalue weighted by Gasteiger charge is -2.08. The summed E-state index contributed by atoms with van der Waals surface area (Å²) in [4.78, 5) is 10.9. The van der Waals surface area contributed by atoms with E-state index in [4.69, 9.17) is 5.48 Å². The molecule has 1 aromatic rings. The number of hydrogen-bond donors (Lipinski definition) is 0. The normalized spacial score (nSPS) is 14.5. The van der Waals surface area contributed by atoms with Crippen molar-refractivity contribution < 1.29 is 32.6 Å². The van der Waals surface area contributed by atoms with Crippen molar-refractivity contribution in [3.05, 3.63) is 42.1 Å². The lowest BCUT2D eigenvalue weighted by Crippen LogP contribution is -2.09. The molecule has 1 aromatic carbocycles. The molecule has 0 saturated heterocycles. The Labute approximate surface area is 93.8 Å². The van der Waals surface area contributed by atoms with Crippen LogP contribution in [0, 0.1) is 0 Å². The summed E-state index contributed by atoms with van der Waals surface area (Å²) in [5.41, 5.74) is -1.84. The molecule has 0 heterocycles. The van der Waals surface area contributed by atoms with Gasteiger partial charge < -0.3 is 4.74 Å². The Balaban J connectivity index is 3.58. The highest BCUT2D eigenvalue weighted by atomic mass is 19.4. The second kappa shape index (κ2) is 4.34. The summed E-state index contributed by atoms with van der Waals surface area (Å²) in [6.07, 6.45) is -5.16. The van der Waals surface area contributed by atoms with Gasteiger partial charge in [0.05, 0.1) is 11.0 Å². The molecule has 0 aliphatic rings. The maximum absolute atomic E-state index is 12.7. The molecule has 0 spiro atoms. The Morgan fingerprint density at radius 2 is 2.06 bits per heavy atom. The molecular weight excluding hydrogens is 228 g/mol. The highest BCUT2D eigenvalue weighted by Crippen LogP contribution is 2.31. The topological polar surface area (TPSA) is 26.3 Å². The molecule has 0 unspecified atom stereocenters. The second-order valence-electron chi connectivity index (χ2n) is 2.50. The van der Waals surface area contributed by atoms with Gasteiger partial charge in [-0.3, -0.25) is 0 Å². The Kier molecular flexibility index (Phi) is 2.01. The van der Waals surface area contributed by atoms with Gasteiger partial charge in [-0.2, -0.15) is 17.6 Å². The lowest BCUT2D eigenvalue weighted by molar-refractivity contribution is -0.138. The molecule has 16 heavy (non-hydrogen) atoms. The fourth-order valence-electron chi connectivity index (χ4n) is 0.667. The third-order valence-corrected chi connectivity index (χ3v) is 1.30. The zero-order valence-corrected chi connectivity index (χ0v) is 7.54. The largest absolute Gasteiger partial charge is 0.421 e. The fraction of sp³-hybridized carbons (Fsp3) is 0.100. The van der Waals surface area contributed by atoms with Gasteiger partial charge in [0.1, 0.15) is 5.75 Å². The van der Waals surface area contributed by atoms with E-state index in [-0.39, 0.29) is 0 Å². The summed E-state index contributed by atoms with van der Waals surface area (Å²) in [5.74, 6) is -4.67. The number of ether oxygens (including phenoxy) is 1. The van der Waals surface area contributed by atoms with Gasteiger partial charge in [0.2, 0.25) is 5.83 Å². The predicted molar refractivity (Wildman–Crippen MR) is 47.3 cm³/mol. The highest BCUT2D eigenvalue weighted by Gasteiger charge is 2.30. The van der Waals surface area contributed by atoms with Crippen molar-refractivity contribution in [2.75, 3.05) is 0 Å². The molecular formula is C10H6F4O2. The summed E-state index contributed by atoms with van der Waals surface area (Å²) in [5, 5.41) is 0. The van der Waals surface area contributed by atoms with Gasteiger partial charge in [-0.1, -0.05) is 12.6 Å². The molecule has 6 heteroatoms. The minimum atomic E-state index is -5.16. The van der Waals surface area contributed by atoms with Crippen molar-refractivity contribution in [1.82, 2.24) is 0 Å². The van der Waals surface area contributed by atoms with Crippen molar-refractivity contribution in [3.8, 4) is 5.75 Å². The molecule has 0 aliphatic heterocycles. The van der Waals surface area contributed by atoms with Crippen LogP contribution in [-0.2, 0) is 11.0 Å². The average Bonchev–Trinajstić information content (AvgIpc) is 2.30. The van der Waals surface area contributed by atoms with Crippen LogP contribution in [0.4, 0.5) is 17.6 Å². The molecule has 86 valence electrons. The summed E-state index contributed by atoms with van der Waals surface area (Å²) in [6, 6.07) is -5.17. The van der Waals surface area contributed by atoms with E-state index in [0.29, 0.717) is 0 Å². The molecule has 0 atom stereocenters. The summed E-state index contributed by atoms with van der Waals surface area (Å²) in [6.45, 7) is 2.55. The van der Waals surface area contributed by atoms with Gasteiger partial charge in [0.25, 0.3) is 0 Å². The number of rotatable bonds is 2. The molecule has 0 radical (unpaired) electrons. The van der Waals surface area contributed by atoms with Gasteiger partial charge in [0, 0.05) is 0 Å². The van der Waals surface area contributed by atoms with Gasteiger partial charge in [-0.15, -0.1) is 0 Å². The zero-order valence-electron chi connectivity index (χ0n) is 11.5. The van der Waals surface area contributed by atoms with Gasteiger partial charge in [0.15, 0.2) is 0 Å². The number of alkyl halides is 3. The third kappa shape index (κ3) is 3.08. The average molecular weight is 238 g/mol. The molecule has 0 bridgehead atoms. The summed E-state index contributed by atoms with van der Waals surface area (Å²) in [7, 11) is 0. The maximum Gasteiger partial charge on any atom is 0.416 e. The molecule has 1 rings (SSSR count). The van der Waals surface area contributed by atoms with E-state index >= 15 is 0 Å². The van der Waals surface area contributed by atoms with E-state index in [1.807, 2.05) is 0 Å². The number of carbonyl (C=O) groups is 1. The number of benzene rings is 1. The first-order valence-corrected chi connectivity index (χ1v) is 3.72. The standard InChI is InChI=1S/C10H6F4O2/c1-6(11)9(15)16-8-4-2-3-7(5-8)10(12,13)14/h2-5H,1H2/i2D,3D,4D,5D. The number of esters is 1. The first-order valence-electron chi connectivity index (χ1n) is 5.72. The molecule has 0 amide bonds. The Morgan fingerprint density at radius 1 is 1.44 bits per heavy atom. The predicted octanol–water partition coefficient (Wildman–Crippen LogP) is 3.09. The Bertz CT molecular complexity index is 598. The van der Waals surface area contributed by atoms with Crippen molar-refractivity contribution in [2.45, 2.75) is 6.18 Å². The first kappa shape index (κ1) is 7.43. The minimum absolute atomic E-state index is 1.09. The van der Waals surface area contributed by atoms with Crippen LogP contribution in [0.2, 0.25) is 0 Å². The lowest BCUT2D eigenvalue weighted by atomic mass is 10.2. The van der Waals surface area contributed by atoms with E-state index in [2.05, 4.69) is 11.3 Å². The van der Waals surface area contributed by atoms with Crippen molar-refractivity contribution in [2.24, 2.45) is 0 Å². The highest BCUT2D eigenvalue weighted by molar-refractivity contribution is 5.87. The first-order chi connectivity index (χ1) is 8.98. The van der Waals surface area contributed by atoms with E-state index in [1.54, 1.807) is 0 Å². The van der Waals surface area contributed by atoms with E-state index in [0.717, 1.165) is 0 Å². The minimum Gasteiger partial charge on any atom is -0.421 e. The smallest absolute Gasteiger partial charge is 0.416 e. The molecule has 0 aliphatic carbocycles. The zero-order chi connectivity index (χ0) is 15.8. The monoisotopic (exact) mass is 238 g/mol. The molecule has 0 N–H and O–H groups in total. The van der Waals surface area contributed by atoms with Gasteiger partial charge in [-0.25, -0.2) is 4.79 Å². The second-order valence-corrected chi connectivity index (χ2v) is 2.50. The SMILES string of the molecule is [2H]c1c([2H])c(OC(=O)C(=C)F)c([2H])c(C(F)(F)F)c1[2H]. The number of carbonyl (C=O) groups excluding carboxylic acids is 1. The van der Waals surface area contributed by atoms with Crippen molar-refractivity contribution in [1.29, 1.82) is 0 Å². The maximum atomic E-state index is 12.7. The van der Waals surface area contributed by atoms with Crippen molar-refractivity contribution in [3.63, 3.8) is 0 Å². The van der Waals surface area contributed by atoms with Crippen LogP contribution < -0.4 is 4.74 Å². The van der Waals surface area contributed by atoms with Gasteiger partial charge >= 0.3 is 12.1 Å². The van der Waals surface area contributed by atoms with Crippen molar-refractivity contribution >= 4 is 5.97 Å². The third-order valence-electron chi connectivity index (χ3n) is 1.30. The number of hydrogen-bond acceptors (Lipinski definition) is 2. The van der Waals surface area contributed by atoms with Crippen LogP contribution in [-0.4, -0.2) is 5.97 Å².